The van der Waals surface area contributed by atoms with E-state index in [1.54, 1.807) is 7.05 Å². The van der Waals surface area contributed by atoms with Gasteiger partial charge in [-0.2, -0.15) is 0 Å². The van der Waals surface area contributed by atoms with Crippen molar-refractivity contribution < 1.29 is 8.42 Å². The minimum Gasteiger partial charge on any atom is -0.355 e. The van der Waals surface area contributed by atoms with Gasteiger partial charge in [0.25, 0.3) is 0 Å². The van der Waals surface area contributed by atoms with Crippen LogP contribution in [-0.2, 0) is 16.6 Å². The van der Waals surface area contributed by atoms with E-state index in [2.05, 4.69) is 34.7 Å². The third-order valence-electron chi connectivity index (χ3n) is 3.68. The third kappa shape index (κ3) is 6.19. The molecule has 0 saturated carbocycles. The highest BCUT2D eigenvalue weighted by Gasteiger charge is 2.18. The average Bonchev–Trinajstić information content (AvgIpc) is 2.52. The second-order valence-corrected chi connectivity index (χ2v) is 7.27. The summed E-state index contributed by atoms with van der Waals surface area (Å²) in [4.78, 5) is 4.12. The summed E-state index contributed by atoms with van der Waals surface area (Å²) in [5, 5.41) is 6.25. The Morgan fingerprint density at radius 1 is 1.17 bits per heavy atom. The second kappa shape index (κ2) is 9.52. The fraction of sp³-hybridized carbons (Fsp3) is 0.562. The monoisotopic (exact) mass is 340 g/mol. The minimum absolute atomic E-state index is 0.0553. The lowest BCUT2D eigenvalue weighted by Gasteiger charge is -2.19. The Labute approximate surface area is 140 Å². The van der Waals surface area contributed by atoms with Gasteiger partial charge >= 0.3 is 0 Å². The van der Waals surface area contributed by atoms with Crippen LogP contribution in [-0.4, -0.2) is 51.1 Å². The molecule has 0 bridgehead atoms. The number of benzene rings is 1. The number of rotatable bonds is 8. The molecule has 2 N–H and O–H groups in total. The maximum absolute atomic E-state index is 12.1. The summed E-state index contributed by atoms with van der Waals surface area (Å²) in [5.74, 6) is 0.655. The lowest BCUT2D eigenvalue weighted by molar-refractivity contribution is 0.445. The first-order valence-corrected chi connectivity index (χ1v) is 9.52. The van der Waals surface area contributed by atoms with Crippen LogP contribution in [0.3, 0.4) is 0 Å². The van der Waals surface area contributed by atoms with E-state index in [0.717, 1.165) is 0 Å². The second-order valence-electron chi connectivity index (χ2n) is 5.18. The molecule has 0 aliphatic carbocycles. The molecule has 0 aliphatic rings. The Balaban J connectivity index is 2.48. The summed E-state index contributed by atoms with van der Waals surface area (Å²) in [6.45, 7) is 7.72. The van der Waals surface area contributed by atoms with Crippen molar-refractivity contribution in [3.63, 3.8) is 0 Å². The zero-order valence-electron chi connectivity index (χ0n) is 14.5. The molecular formula is C16H28N4O2S. The van der Waals surface area contributed by atoms with Crippen molar-refractivity contribution in [2.45, 2.75) is 27.3 Å². The first kappa shape index (κ1) is 19.4. The van der Waals surface area contributed by atoms with Crippen LogP contribution in [0.1, 0.15) is 25.0 Å². The molecule has 1 aromatic rings. The molecule has 0 amide bonds. The number of hydrogen-bond donors (Lipinski definition) is 2. The van der Waals surface area contributed by atoms with Crippen molar-refractivity contribution in [1.82, 2.24) is 14.9 Å². The summed E-state index contributed by atoms with van der Waals surface area (Å²) in [5.41, 5.74) is 2.39. The third-order valence-corrected chi connectivity index (χ3v) is 5.71. The molecule has 0 fully saturated rings. The first-order chi connectivity index (χ1) is 10.9. The van der Waals surface area contributed by atoms with Gasteiger partial charge in [-0.05, 0) is 18.1 Å². The fourth-order valence-corrected chi connectivity index (χ4v) is 3.66. The Bertz CT molecular complexity index is 610. The van der Waals surface area contributed by atoms with Crippen LogP contribution in [0, 0.1) is 6.92 Å². The zero-order chi connectivity index (χ0) is 17.3. The number of sulfonamides is 1. The zero-order valence-corrected chi connectivity index (χ0v) is 15.3. The molecule has 0 unspecified atom stereocenters. The van der Waals surface area contributed by atoms with Gasteiger partial charge in [-0.25, -0.2) is 12.7 Å². The van der Waals surface area contributed by atoms with E-state index in [-0.39, 0.29) is 5.75 Å². The number of nitrogens with one attached hydrogen (secondary N) is 2. The molecule has 0 saturated heterocycles. The smallest absolute Gasteiger partial charge is 0.215 e. The van der Waals surface area contributed by atoms with Gasteiger partial charge in [0.05, 0.1) is 5.75 Å². The predicted octanol–water partition coefficient (Wildman–Crippen LogP) is 1.33. The molecule has 0 atom stereocenters. The molecule has 0 aromatic heterocycles. The highest BCUT2D eigenvalue weighted by Crippen LogP contribution is 2.05. The molecule has 1 aromatic carbocycles. The number of guanidine groups is 1. The van der Waals surface area contributed by atoms with Crippen molar-refractivity contribution in [1.29, 1.82) is 0 Å². The van der Waals surface area contributed by atoms with E-state index in [1.807, 2.05) is 26.0 Å². The van der Waals surface area contributed by atoms with Gasteiger partial charge in [0, 0.05) is 33.2 Å². The maximum atomic E-state index is 12.1. The molecule has 0 radical (unpaired) electrons. The lowest BCUT2D eigenvalue weighted by Crippen LogP contribution is -2.41. The van der Waals surface area contributed by atoms with E-state index in [4.69, 9.17) is 0 Å². The van der Waals surface area contributed by atoms with Crippen molar-refractivity contribution in [3.05, 3.63) is 35.4 Å². The Morgan fingerprint density at radius 3 is 2.39 bits per heavy atom. The van der Waals surface area contributed by atoms with Crippen LogP contribution in [0.5, 0.6) is 0 Å². The SMILES string of the molecule is CCN(CC)S(=O)(=O)CCNC(=NC)NCc1ccccc1C. The molecule has 6 nitrogen and oxygen atoms in total. The maximum Gasteiger partial charge on any atom is 0.215 e. The van der Waals surface area contributed by atoms with Crippen molar-refractivity contribution in [2.24, 2.45) is 4.99 Å². The molecule has 0 spiro atoms. The molecule has 0 heterocycles. The van der Waals surface area contributed by atoms with Crippen LogP contribution >= 0.6 is 0 Å². The molecule has 1 rings (SSSR count). The van der Waals surface area contributed by atoms with Crippen LogP contribution < -0.4 is 10.6 Å². The highest BCUT2D eigenvalue weighted by atomic mass is 32.2. The van der Waals surface area contributed by atoms with E-state index >= 15 is 0 Å². The standard InChI is InChI=1S/C16H28N4O2S/c1-5-20(6-2)23(21,22)12-11-18-16(17-4)19-13-15-10-8-7-9-14(15)3/h7-10H,5-6,11-13H2,1-4H3,(H2,17,18,19). The summed E-state index contributed by atoms with van der Waals surface area (Å²) >= 11 is 0. The Morgan fingerprint density at radius 2 is 1.83 bits per heavy atom. The topological polar surface area (TPSA) is 73.8 Å². The molecule has 23 heavy (non-hydrogen) atoms. The van der Waals surface area contributed by atoms with Crippen molar-refractivity contribution >= 4 is 16.0 Å². The van der Waals surface area contributed by atoms with Gasteiger partial charge in [0.2, 0.25) is 10.0 Å². The van der Waals surface area contributed by atoms with Gasteiger partial charge in [-0.1, -0.05) is 38.1 Å². The van der Waals surface area contributed by atoms with Crippen molar-refractivity contribution in [2.75, 3.05) is 32.4 Å². The van der Waals surface area contributed by atoms with Crippen LogP contribution in [0.2, 0.25) is 0 Å². The lowest BCUT2D eigenvalue weighted by atomic mass is 10.1. The van der Waals surface area contributed by atoms with Gasteiger partial charge in [0.1, 0.15) is 0 Å². The van der Waals surface area contributed by atoms with Crippen LogP contribution in [0.25, 0.3) is 0 Å². The van der Waals surface area contributed by atoms with Gasteiger partial charge in [-0.3, -0.25) is 4.99 Å². The van der Waals surface area contributed by atoms with E-state index in [9.17, 15) is 8.42 Å². The average molecular weight is 340 g/mol. The number of hydrogen-bond acceptors (Lipinski definition) is 3. The molecule has 0 aliphatic heterocycles. The minimum atomic E-state index is -3.21. The molecular weight excluding hydrogens is 312 g/mol. The Kier molecular flexibility index (Phi) is 8.05. The van der Waals surface area contributed by atoms with Gasteiger partial charge in [-0.15, -0.1) is 0 Å². The van der Waals surface area contributed by atoms with Gasteiger partial charge in [0.15, 0.2) is 5.96 Å². The number of aryl methyl sites for hydroxylation is 1. The van der Waals surface area contributed by atoms with E-state index in [1.165, 1.54) is 15.4 Å². The van der Waals surface area contributed by atoms with Crippen LogP contribution in [0.15, 0.2) is 29.3 Å². The van der Waals surface area contributed by atoms with Crippen molar-refractivity contribution in [3.8, 4) is 0 Å². The van der Waals surface area contributed by atoms with Gasteiger partial charge < -0.3 is 10.6 Å². The normalized spacial score (nSPS) is 12.5. The summed E-state index contributed by atoms with van der Waals surface area (Å²) in [6.07, 6.45) is 0. The fourth-order valence-electron chi connectivity index (χ4n) is 2.25. The van der Waals surface area contributed by atoms with Crippen LogP contribution in [0.4, 0.5) is 0 Å². The number of nitrogens with zero attached hydrogens (tertiary/aromatic N) is 2. The summed E-state index contributed by atoms with van der Waals surface area (Å²) < 4.78 is 25.7. The molecule has 7 heteroatoms. The predicted molar refractivity (Wildman–Crippen MR) is 96.1 cm³/mol. The number of aliphatic imine (C=N–C) groups is 1. The summed E-state index contributed by atoms with van der Waals surface area (Å²) in [6, 6.07) is 8.12. The highest BCUT2D eigenvalue weighted by molar-refractivity contribution is 7.89. The van der Waals surface area contributed by atoms with E-state index in [0.29, 0.717) is 32.1 Å². The summed E-state index contributed by atoms with van der Waals surface area (Å²) in [7, 11) is -1.54. The molecule has 130 valence electrons. The van der Waals surface area contributed by atoms with E-state index < -0.39 is 10.0 Å². The quantitative estimate of drug-likeness (QED) is 0.553. The first-order valence-electron chi connectivity index (χ1n) is 7.91. The largest absolute Gasteiger partial charge is 0.355 e. The Hall–Kier alpha value is -1.60.